The highest BCUT2D eigenvalue weighted by atomic mass is 35.5. The van der Waals surface area contributed by atoms with E-state index in [1.807, 2.05) is 18.2 Å². The van der Waals surface area contributed by atoms with Crippen LogP contribution in [0.15, 0.2) is 30.5 Å². The van der Waals surface area contributed by atoms with Crippen LogP contribution in [0.4, 0.5) is 5.82 Å². The molecule has 2 rings (SSSR count). The van der Waals surface area contributed by atoms with Gasteiger partial charge in [-0.25, -0.2) is 14.8 Å². The summed E-state index contributed by atoms with van der Waals surface area (Å²) in [5.74, 6) is -0.213. The van der Waals surface area contributed by atoms with Gasteiger partial charge in [-0.15, -0.1) is 0 Å². The molecule has 0 saturated heterocycles. The van der Waals surface area contributed by atoms with Crippen LogP contribution in [0.5, 0.6) is 0 Å². The van der Waals surface area contributed by atoms with Crippen LogP contribution >= 0.6 is 11.6 Å². The Hall–Kier alpha value is -2.14. The highest BCUT2D eigenvalue weighted by molar-refractivity contribution is 6.30. The number of carbonyl (C=O) groups is 1. The van der Waals surface area contributed by atoms with Gasteiger partial charge < -0.3 is 10.4 Å². The maximum absolute atomic E-state index is 11.0. The summed E-state index contributed by atoms with van der Waals surface area (Å²) in [6.45, 7) is 0. The normalized spacial score (nSPS) is 10.2. The Balaban J connectivity index is 2.29. The molecule has 19 heavy (non-hydrogen) atoms. The number of carboxylic acid groups (broad SMARTS) is 1. The molecule has 0 spiro atoms. The van der Waals surface area contributed by atoms with Crippen LogP contribution in [-0.4, -0.2) is 28.1 Å². The fraction of sp³-hybridized carbons (Fsp3) is 0.154. The average Bonchev–Trinajstić information content (AvgIpc) is 2.38. The van der Waals surface area contributed by atoms with Gasteiger partial charge in [0.1, 0.15) is 17.2 Å². The Morgan fingerprint density at radius 3 is 2.89 bits per heavy atom. The predicted octanol–water partition coefficient (Wildman–Crippen LogP) is 2.46. The van der Waals surface area contributed by atoms with Gasteiger partial charge >= 0.3 is 5.97 Å². The third-order valence-corrected chi connectivity index (χ3v) is 2.79. The van der Waals surface area contributed by atoms with Gasteiger partial charge in [0.05, 0.1) is 0 Å². The second kappa shape index (κ2) is 5.67. The Kier molecular flexibility index (Phi) is 3.97. The summed E-state index contributed by atoms with van der Waals surface area (Å²) < 4.78 is 0. The van der Waals surface area contributed by atoms with Crippen molar-refractivity contribution < 1.29 is 9.90 Å². The van der Waals surface area contributed by atoms with Gasteiger partial charge in [-0.1, -0.05) is 23.7 Å². The minimum atomic E-state index is -1.06. The summed E-state index contributed by atoms with van der Waals surface area (Å²) >= 11 is 5.91. The number of aromatic nitrogens is 2. The van der Waals surface area contributed by atoms with Gasteiger partial charge in [-0.2, -0.15) is 0 Å². The third-order valence-electron chi connectivity index (χ3n) is 2.56. The van der Waals surface area contributed by atoms with E-state index in [1.54, 1.807) is 13.1 Å². The molecule has 5 nitrogen and oxygen atoms in total. The zero-order valence-corrected chi connectivity index (χ0v) is 11.0. The van der Waals surface area contributed by atoms with E-state index < -0.39 is 5.97 Å². The lowest BCUT2D eigenvalue weighted by molar-refractivity contribution is 0.0697. The van der Waals surface area contributed by atoms with Crippen molar-refractivity contribution in [2.24, 2.45) is 0 Å². The van der Waals surface area contributed by atoms with Crippen LogP contribution in [0, 0.1) is 0 Å². The van der Waals surface area contributed by atoms with Gasteiger partial charge in [-0.3, -0.25) is 0 Å². The van der Waals surface area contributed by atoms with Crippen LogP contribution in [0.3, 0.4) is 0 Å². The van der Waals surface area contributed by atoms with Crippen molar-refractivity contribution in [2.45, 2.75) is 6.42 Å². The molecular weight excluding hydrogens is 266 g/mol. The maximum atomic E-state index is 11.0. The number of rotatable bonds is 4. The first kappa shape index (κ1) is 13.3. The van der Waals surface area contributed by atoms with E-state index in [2.05, 4.69) is 15.3 Å². The molecule has 1 aromatic carbocycles. The van der Waals surface area contributed by atoms with Crippen LogP contribution in [-0.2, 0) is 6.42 Å². The van der Waals surface area contributed by atoms with Crippen molar-refractivity contribution in [3.05, 3.63) is 52.4 Å². The molecule has 0 aliphatic carbocycles. The number of nitrogens with one attached hydrogen (secondary N) is 1. The Bertz CT molecular complexity index is 617. The summed E-state index contributed by atoms with van der Waals surface area (Å²) in [7, 11) is 1.62. The molecule has 98 valence electrons. The largest absolute Gasteiger partial charge is 0.477 e. The first-order chi connectivity index (χ1) is 9.10. The Morgan fingerprint density at radius 1 is 1.47 bits per heavy atom. The van der Waals surface area contributed by atoms with Crippen LogP contribution in [0.2, 0.25) is 5.02 Å². The summed E-state index contributed by atoms with van der Waals surface area (Å²) in [4.78, 5) is 19.2. The summed E-state index contributed by atoms with van der Waals surface area (Å²) in [5.41, 5.74) is 1.02. The number of carboxylic acids is 1. The fourth-order valence-corrected chi connectivity index (χ4v) is 1.89. The lowest BCUT2D eigenvalue weighted by Crippen LogP contribution is -2.08. The second-order valence-corrected chi connectivity index (χ2v) is 4.35. The molecule has 0 aliphatic heterocycles. The SMILES string of the molecule is CNc1nc(Cc2cccc(Cl)c2)ncc1C(=O)O. The van der Waals surface area contributed by atoms with Crippen LogP contribution in [0.25, 0.3) is 0 Å². The van der Waals surface area contributed by atoms with E-state index in [9.17, 15) is 4.79 Å². The van der Waals surface area contributed by atoms with E-state index in [0.29, 0.717) is 23.1 Å². The lowest BCUT2D eigenvalue weighted by Gasteiger charge is -2.07. The highest BCUT2D eigenvalue weighted by Gasteiger charge is 2.12. The zero-order valence-electron chi connectivity index (χ0n) is 10.2. The molecular formula is C13H12ClN3O2. The topological polar surface area (TPSA) is 75.1 Å². The molecule has 0 saturated carbocycles. The minimum Gasteiger partial charge on any atom is -0.477 e. The smallest absolute Gasteiger partial charge is 0.341 e. The van der Waals surface area contributed by atoms with Crippen molar-refractivity contribution in [3.63, 3.8) is 0 Å². The van der Waals surface area contributed by atoms with Crippen molar-refractivity contribution in [1.29, 1.82) is 0 Å². The van der Waals surface area contributed by atoms with Gasteiger partial charge in [0.25, 0.3) is 0 Å². The molecule has 0 unspecified atom stereocenters. The number of anilines is 1. The minimum absolute atomic E-state index is 0.0531. The molecule has 0 fully saturated rings. The standard InChI is InChI=1S/C13H12ClN3O2/c1-15-12-10(13(18)19)7-16-11(17-12)6-8-3-2-4-9(14)5-8/h2-5,7H,6H2,1H3,(H,18,19)(H,15,16,17). The van der Waals surface area contributed by atoms with Crippen LogP contribution in [0.1, 0.15) is 21.7 Å². The predicted molar refractivity (Wildman–Crippen MR) is 72.8 cm³/mol. The monoisotopic (exact) mass is 277 g/mol. The average molecular weight is 278 g/mol. The Labute approximate surface area is 115 Å². The molecule has 2 aromatic rings. The number of benzene rings is 1. The first-order valence-corrected chi connectivity index (χ1v) is 5.99. The highest BCUT2D eigenvalue weighted by Crippen LogP contribution is 2.15. The summed E-state index contributed by atoms with van der Waals surface area (Å²) in [5, 5.41) is 12.4. The number of aromatic carboxylic acids is 1. The van der Waals surface area contributed by atoms with Gasteiger partial charge in [0.15, 0.2) is 0 Å². The number of halogens is 1. The van der Waals surface area contributed by atoms with Crippen LogP contribution < -0.4 is 5.32 Å². The lowest BCUT2D eigenvalue weighted by atomic mass is 10.1. The fourth-order valence-electron chi connectivity index (χ4n) is 1.68. The van der Waals surface area contributed by atoms with Gasteiger partial charge in [0, 0.05) is 24.7 Å². The van der Waals surface area contributed by atoms with Gasteiger partial charge in [0.2, 0.25) is 0 Å². The molecule has 1 heterocycles. The van der Waals surface area contributed by atoms with E-state index in [0.717, 1.165) is 5.56 Å². The molecule has 0 amide bonds. The zero-order chi connectivity index (χ0) is 13.8. The van der Waals surface area contributed by atoms with E-state index in [-0.39, 0.29) is 5.56 Å². The second-order valence-electron chi connectivity index (χ2n) is 3.91. The summed E-state index contributed by atoms with van der Waals surface area (Å²) in [6.07, 6.45) is 1.80. The third kappa shape index (κ3) is 3.20. The quantitative estimate of drug-likeness (QED) is 0.898. The van der Waals surface area contributed by atoms with Gasteiger partial charge in [-0.05, 0) is 17.7 Å². The molecule has 0 atom stereocenters. The van der Waals surface area contributed by atoms with Crippen molar-refractivity contribution >= 4 is 23.4 Å². The van der Waals surface area contributed by atoms with E-state index in [4.69, 9.17) is 16.7 Å². The first-order valence-electron chi connectivity index (χ1n) is 5.61. The van der Waals surface area contributed by atoms with E-state index in [1.165, 1.54) is 6.20 Å². The van der Waals surface area contributed by atoms with E-state index >= 15 is 0 Å². The molecule has 6 heteroatoms. The number of hydrogen-bond acceptors (Lipinski definition) is 4. The van der Waals surface area contributed by atoms with Crippen molar-refractivity contribution in [3.8, 4) is 0 Å². The van der Waals surface area contributed by atoms with Crippen molar-refractivity contribution in [1.82, 2.24) is 9.97 Å². The molecule has 0 radical (unpaired) electrons. The molecule has 0 bridgehead atoms. The Morgan fingerprint density at radius 2 is 2.26 bits per heavy atom. The maximum Gasteiger partial charge on any atom is 0.341 e. The number of nitrogens with zero attached hydrogens (tertiary/aromatic N) is 2. The molecule has 0 aliphatic rings. The number of hydrogen-bond donors (Lipinski definition) is 2. The molecule has 2 N–H and O–H groups in total. The van der Waals surface area contributed by atoms with Crippen molar-refractivity contribution in [2.75, 3.05) is 12.4 Å². The summed E-state index contributed by atoms with van der Waals surface area (Å²) in [6, 6.07) is 7.38. The molecule has 1 aromatic heterocycles.